The molecule has 0 saturated heterocycles. The van der Waals surface area contributed by atoms with E-state index >= 15 is 0 Å². The van der Waals surface area contributed by atoms with Gasteiger partial charge in [0.25, 0.3) is 0 Å². The van der Waals surface area contributed by atoms with E-state index in [0.29, 0.717) is 19.0 Å². The Hall–Kier alpha value is -2.57. The minimum atomic E-state index is 0.551. The Morgan fingerprint density at radius 2 is 2.07 bits per heavy atom. The number of hydrogen-bond donors (Lipinski definition) is 2. The molecule has 0 amide bonds. The minimum absolute atomic E-state index is 0.551. The van der Waals surface area contributed by atoms with Crippen molar-refractivity contribution in [1.29, 1.82) is 0 Å². The Morgan fingerprint density at radius 1 is 1.24 bits per heavy atom. The third kappa shape index (κ3) is 7.75. The van der Waals surface area contributed by atoms with Gasteiger partial charge in [-0.25, -0.2) is 4.99 Å². The predicted molar refractivity (Wildman–Crippen MR) is 118 cm³/mol. The third-order valence-corrected chi connectivity index (χ3v) is 4.61. The molecule has 0 aliphatic rings. The normalized spacial score (nSPS) is 11.7. The Morgan fingerprint density at radius 3 is 2.79 bits per heavy atom. The molecule has 1 aromatic heterocycles. The number of nitrogens with one attached hydrogen (secondary N) is 2. The number of aliphatic imine (C=N–C) groups is 1. The zero-order chi connectivity index (χ0) is 21.1. The van der Waals surface area contributed by atoms with E-state index < -0.39 is 0 Å². The molecular formula is C22H36N6O. The highest BCUT2D eigenvalue weighted by Crippen LogP contribution is 2.22. The van der Waals surface area contributed by atoms with Gasteiger partial charge in [-0.1, -0.05) is 26.0 Å². The molecule has 2 rings (SSSR count). The number of hydrogen-bond acceptors (Lipinski definition) is 4. The molecule has 1 aromatic carbocycles. The second-order valence-corrected chi connectivity index (χ2v) is 7.58. The van der Waals surface area contributed by atoms with Crippen LogP contribution in [0.4, 0.5) is 0 Å². The lowest BCUT2D eigenvalue weighted by Crippen LogP contribution is -2.37. The van der Waals surface area contributed by atoms with Crippen molar-refractivity contribution in [2.75, 3.05) is 13.2 Å². The fourth-order valence-electron chi connectivity index (χ4n) is 2.95. The smallest absolute Gasteiger partial charge is 0.191 e. The first-order valence-electron chi connectivity index (χ1n) is 10.6. The van der Waals surface area contributed by atoms with Gasteiger partial charge in [-0.3, -0.25) is 0 Å². The molecule has 0 spiro atoms. The zero-order valence-corrected chi connectivity index (χ0v) is 18.5. The van der Waals surface area contributed by atoms with E-state index in [1.165, 1.54) is 12.0 Å². The first-order valence-corrected chi connectivity index (χ1v) is 10.6. The maximum absolute atomic E-state index is 6.08. The van der Waals surface area contributed by atoms with E-state index in [-0.39, 0.29) is 0 Å². The maximum atomic E-state index is 6.08. The van der Waals surface area contributed by atoms with Gasteiger partial charge in [0.1, 0.15) is 12.1 Å². The van der Waals surface area contributed by atoms with Gasteiger partial charge >= 0.3 is 0 Å². The van der Waals surface area contributed by atoms with Crippen molar-refractivity contribution < 1.29 is 4.74 Å². The number of aromatic nitrogens is 3. The average Bonchev–Trinajstić information content (AvgIpc) is 3.16. The Kier molecular flexibility index (Phi) is 9.47. The summed E-state index contributed by atoms with van der Waals surface area (Å²) in [5.74, 6) is 3.28. The van der Waals surface area contributed by atoms with Gasteiger partial charge < -0.3 is 19.9 Å². The number of aryl methyl sites for hydroxylation is 2. The third-order valence-electron chi connectivity index (χ3n) is 4.61. The first kappa shape index (κ1) is 22.7. The van der Waals surface area contributed by atoms with Crippen molar-refractivity contribution in [2.24, 2.45) is 10.9 Å². The lowest BCUT2D eigenvalue weighted by atomic mass is 10.1. The van der Waals surface area contributed by atoms with Crippen LogP contribution in [0.2, 0.25) is 0 Å². The van der Waals surface area contributed by atoms with Crippen LogP contribution in [0.1, 0.15) is 57.5 Å². The molecule has 7 nitrogen and oxygen atoms in total. The summed E-state index contributed by atoms with van der Waals surface area (Å²) in [6, 6.07) is 6.31. The summed E-state index contributed by atoms with van der Waals surface area (Å²) in [5.41, 5.74) is 2.29. The van der Waals surface area contributed by atoms with Gasteiger partial charge in [0.05, 0.1) is 19.7 Å². The van der Waals surface area contributed by atoms with Crippen molar-refractivity contribution in [3.8, 4) is 5.75 Å². The highest BCUT2D eigenvalue weighted by atomic mass is 16.5. The lowest BCUT2D eigenvalue weighted by Gasteiger charge is -2.14. The highest BCUT2D eigenvalue weighted by Gasteiger charge is 2.07. The summed E-state index contributed by atoms with van der Waals surface area (Å²) in [7, 11) is 0. The Labute approximate surface area is 175 Å². The van der Waals surface area contributed by atoms with Crippen molar-refractivity contribution in [2.45, 2.75) is 67.1 Å². The molecule has 0 saturated carbocycles. The molecule has 1 heterocycles. The molecule has 0 atom stereocenters. The molecule has 7 heteroatoms. The fourth-order valence-corrected chi connectivity index (χ4v) is 2.95. The molecule has 0 aliphatic carbocycles. The predicted octanol–water partition coefficient (Wildman–Crippen LogP) is 3.68. The van der Waals surface area contributed by atoms with Crippen LogP contribution in [-0.2, 0) is 19.6 Å². The summed E-state index contributed by atoms with van der Waals surface area (Å²) in [5, 5.41) is 14.8. The number of benzene rings is 1. The maximum Gasteiger partial charge on any atom is 0.191 e. The monoisotopic (exact) mass is 400 g/mol. The molecule has 29 heavy (non-hydrogen) atoms. The van der Waals surface area contributed by atoms with Crippen LogP contribution in [0.15, 0.2) is 29.5 Å². The van der Waals surface area contributed by atoms with Crippen LogP contribution in [0, 0.1) is 12.8 Å². The van der Waals surface area contributed by atoms with Gasteiger partial charge in [-0.2, -0.15) is 0 Å². The fraction of sp³-hybridized carbons (Fsp3) is 0.591. The quantitative estimate of drug-likeness (QED) is 0.342. The Bertz CT molecular complexity index is 768. The second kappa shape index (κ2) is 12.1. The van der Waals surface area contributed by atoms with Crippen LogP contribution in [0.25, 0.3) is 0 Å². The summed E-state index contributed by atoms with van der Waals surface area (Å²) >= 11 is 0. The number of rotatable bonds is 11. The van der Waals surface area contributed by atoms with Gasteiger partial charge in [0.2, 0.25) is 0 Å². The van der Waals surface area contributed by atoms with E-state index in [0.717, 1.165) is 49.2 Å². The van der Waals surface area contributed by atoms with Crippen LogP contribution >= 0.6 is 0 Å². The molecule has 0 radical (unpaired) electrons. The summed E-state index contributed by atoms with van der Waals surface area (Å²) in [6.45, 7) is 14.2. The highest BCUT2D eigenvalue weighted by molar-refractivity contribution is 5.79. The van der Waals surface area contributed by atoms with Crippen molar-refractivity contribution in [1.82, 2.24) is 25.4 Å². The van der Waals surface area contributed by atoms with Crippen molar-refractivity contribution in [3.05, 3.63) is 41.5 Å². The van der Waals surface area contributed by atoms with E-state index in [4.69, 9.17) is 9.73 Å². The van der Waals surface area contributed by atoms with Gasteiger partial charge in [0.15, 0.2) is 11.8 Å². The SMILES string of the molecule is CCNC(=NCc1ccc(C)cc1OCCCC(C)C)NCc1nncn1CC. The van der Waals surface area contributed by atoms with Gasteiger partial charge in [-0.05, 0) is 51.2 Å². The molecule has 0 unspecified atom stereocenters. The van der Waals surface area contributed by atoms with Crippen LogP contribution in [0.5, 0.6) is 5.75 Å². The molecule has 2 aromatic rings. The van der Waals surface area contributed by atoms with Crippen molar-refractivity contribution in [3.63, 3.8) is 0 Å². The molecule has 2 N–H and O–H groups in total. The zero-order valence-electron chi connectivity index (χ0n) is 18.5. The van der Waals surface area contributed by atoms with Crippen molar-refractivity contribution >= 4 is 5.96 Å². The van der Waals surface area contributed by atoms with Gasteiger partial charge in [0, 0.05) is 18.7 Å². The van der Waals surface area contributed by atoms with Gasteiger partial charge in [-0.15, -0.1) is 10.2 Å². The molecule has 0 fully saturated rings. The van der Waals surface area contributed by atoms with Crippen LogP contribution in [-0.4, -0.2) is 33.9 Å². The molecule has 0 aliphatic heterocycles. The summed E-state index contributed by atoms with van der Waals surface area (Å²) < 4.78 is 8.09. The topological polar surface area (TPSA) is 76.4 Å². The minimum Gasteiger partial charge on any atom is -0.493 e. The Balaban J connectivity index is 2.01. The molecular weight excluding hydrogens is 364 g/mol. The van der Waals surface area contributed by atoms with E-state index in [2.05, 4.69) is 73.6 Å². The second-order valence-electron chi connectivity index (χ2n) is 7.58. The molecule has 0 bridgehead atoms. The van der Waals surface area contributed by atoms with E-state index in [1.807, 2.05) is 4.57 Å². The lowest BCUT2D eigenvalue weighted by molar-refractivity contribution is 0.295. The molecule has 160 valence electrons. The number of guanidine groups is 1. The first-order chi connectivity index (χ1) is 14.0. The van der Waals surface area contributed by atoms with E-state index in [1.54, 1.807) is 6.33 Å². The largest absolute Gasteiger partial charge is 0.493 e. The standard InChI is InChI=1S/C22H36N6O/c1-6-23-22(25-15-21-27-26-16-28(21)7-2)24-14-19-11-10-18(5)13-20(19)29-12-8-9-17(3)4/h10-11,13,16-17H,6-9,12,14-15H2,1-5H3,(H2,23,24,25). The number of ether oxygens (including phenoxy) is 1. The van der Waals surface area contributed by atoms with E-state index in [9.17, 15) is 0 Å². The van der Waals surface area contributed by atoms with Crippen LogP contribution < -0.4 is 15.4 Å². The van der Waals surface area contributed by atoms with Crippen LogP contribution in [0.3, 0.4) is 0 Å². The average molecular weight is 401 g/mol. The summed E-state index contributed by atoms with van der Waals surface area (Å²) in [4.78, 5) is 4.74. The summed E-state index contributed by atoms with van der Waals surface area (Å²) in [6.07, 6.45) is 3.99. The number of nitrogens with zero attached hydrogens (tertiary/aromatic N) is 4.